The molecule has 0 aliphatic carbocycles. The van der Waals surface area contributed by atoms with Crippen molar-refractivity contribution in [1.82, 2.24) is 0 Å². The van der Waals surface area contributed by atoms with Gasteiger partial charge in [-0.3, -0.25) is 4.79 Å². The molecule has 0 aromatic heterocycles. The highest BCUT2D eigenvalue weighted by Gasteiger charge is 2.10. The quantitative estimate of drug-likeness (QED) is 0.364. The van der Waals surface area contributed by atoms with Gasteiger partial charge < -0.3 is 9.47 Å². The lowest BCUT2D eigenvalue weighted by Crippen LogP contribution is -2.17. The molecule has 3 aromatic carbocycles. The second-order valence-corrected chi connectivity index (χ2v) is 5.88. The van der Waals surface area contributed by atoms with E-state index in [2.05, 4.69) is 0 Å². The molecule has 130 valence electrons. The number of carbonyl (C=O) groups is 2. The van der Waals surface area contributed by atoms with E-state index in [0.717, 1.165) is 0 Å². The molecule has 5 heteroatoms. The van der Waals surface area contributed by atoms with Crippen LogP contribution in [0.3, 0.4) is 0 Å². The summed E-state index contributed by atoms with van der Waals surface area (Å²) in [5.41, 5.74) is 1.16. The van der Waals surface area contributed by atoms with E-state index in [-0.39, 0.29) is 12.4 Å². The summed E-state index contributed by atoms with van der Waals surface area (Å²) in [5.74, 6) is 0.210. The normalized spacial score (nSPS) is 10.2. The van der Waals surface area contributed by atoms with Crippen LogP contribution in [-0.2, 0) is 4.79 Å². The maximum Gasteiger partial charge on any atom is 0.349 e. The number of esters is 1. The number of rotatable bonds is 6. The van der Waals surface area contributed by atoms with Gasteiger partial charge in [-0.05, 0) is 42.5 Å². The average molecular weight is 367 g/mol. The van der Waals surface area contributed by atoms with Crippen molar-refractivity contribution in [2.75, 3.05) is 6.61 Å². The molecule has 0 saturated heterocycles. The minimum atomic E-state index is -0.545. The number of ether oxygens (including phenoxy) is 2. The van der Waals surface area contributed by atoms with E-state index < -0.39 is 5.97 Å². The Kier molecular flexibility index (Phi) is 5.66. The van der Waals surface area contributed by atoms with Gasteiger partial charge in [0.05, 0.1) is 0 Å². The molecule has 0 atom stereocenters. The number of hydrogen-bond donors (Lipinski definition) is 0. The number of benzene rings is 3. The third kappa shape index (κ3) is 4.71. The number of ketones is 1. The lowest BCUT2D eigenvalue weighted by molar-refractivity contribution is -0.136. The van der Waals surface area contributed by atoms with E-state index in [9.17, 15) is 9.59 Å². The number of hydrogen-bond acceptors (Lipinski definition) is 4. The van der Waals surface area contributed by atoms with Crippen molar-refractivity contribution in [3.05, 3.63) is 95.0 Å². The van der Waals surface area contributed by atoms with Crippen molar-refractivity contribution in [3.63, 3.8) is 0 Å². The summed E-state index contributed by atoms with van der Waals surface area (Å²) >= 11 is 5.84. The molecule has 0 spiro atoms. The zero-order valence-corrected chi connectivity index (χ0v) is 14.5. The van der Waals surface area contributed by atoms with E-state index in [1.807, 2.05) is 18.2 Å². The summed E-state index contributed by atoms with van der Waals surface area (Å²) < 4.78 is 10.5. The van der Waals surface area contributed by atoms with Crippen molar-refractivity contribution < 1.29 is 19.1 Å². The second-order valence-electron chi connectivity index (χ2n) is 5.44. The Bertz CT molecular complexity index is 905. The molecule has 4 nitrogen and oxygen atoms in total. The van der Waals surface area contributed by atoms with Gasteiger partial charge in [-0.1, -0.05) is 48.0 Å². The van der Waals surface area contributed by atoms with Crippen LogP contribution >= 0.6 is 11.6 Å². The van der Waals surface area contributed by atoms with Crippen molar-refractivity contribution in [2.45, 2.75) is 0 Å². The van der Waals surface area contributed by atoms with Crippen LogP contribution in [0.2, 0.25) is 5.02 Å². The standard InChI is InChI=1S/C21H15ClO4/c22-17-7-4-8-19(13-17)26-20(23)14-25-18-11-9-16(10-12-18)21(24)15-5-2-1-3-6-15/h1-13H,14H2. The Labute approximate surface area is 155 Å². The topological polar surface area (TPSA) is 52.6 Å². The van der Waals surface area contributed by atoms with E-state index in [0.29, 0.717) is 27.6 Å². The Morgan fingerprint density at radius 3 is 2.15 bits per heavy atom. The highest BCUT2D eigenvalue weighted by molar-refractivity contribution is 6.30. The minimum absolute atomic E-state index is 0.0717. The molecule has 0 fully saturated rings. The predicted octanol–water partition coefficient (Wildman–Crippen LogP) is 4.56. The van der Waals surface area contributed by atoms with Crippen LogP contribution in [0.4, 0.5) is 0 Å². The molecule has 0 N–H and O–H groups in total. The van der Waals surface area contributed by atoms with Gasteiger partial charge in [-0.2, -0.15) is 0 Å². The third-order valence-corrected chi connectivity index (χ3v) is 3.77. The summed E-state index contributed by atoms with van der Waals surface area (Å²) in [7, 11) is 0. The van der Waals surface area contributed by atoms with Crippen LogP contribution in [0.25, 0.3) is 0 Å². The molecule has 26 heavy (non-hydrogen) atoms. The van der Waals surface area contributed by atoms with Gasteiger partial charge >= 0.3 is 5.97 Å². The fourth-order valence-electron chi connectivity index (χ4n) is 2.29. The molecular formula is C21H15ClO4. The largest absolute Gasteiger partial charge is 0.482 e. The summed E-state index contributed by atoms with van der Waals surface area (Å²) in [6, 6.07) is 22.2. The lowest BCUT2D eigenvalue weighted by Gasteiger charge is -2.08. The predicted molar refractivity (Wildman–Crippen MR) is 98.9 cm³/mol. The van der Waals surface area contributed by atoms with E-state index in [1.54, 1.807) is 60.7 Å². The monoisotopic (exact) mass is 366 g/mol. The highest BCUT2D eigenvalue weighted by atomic mass is 35.5. The summed E-state index contributed by atoms with van der Waals surface area (Å²) in [6.07, 6.45) is 0. The molecule has 0 bridgehead atoms. The number of halogens is 1. The smallest absolute Gasteiger partial charge is 0.349 e. The Morgan fingerprint density at radius 1 is 0.769 bits per heavy atom. The molecule has 3 aromatic rings. The molecule has 0 amide bonds. The van der Waals surface area contributed by atoms with Gasteiger partial charge in [-0.15, -0.1) is 0 Å². The zero-order valence-electron chi connectivity index (χ0n) is 13.7. The average Bonchev–Trinajstić information content (AvgIpc) is 2.67. The first-order chi connectivity index (χ1) is 12.6. The second kappa shape index (κ2) is 8.32. The van der Waals surface area contributed by atoms with Gasteiger partial charge in [0.1, 0.15) is 11.5 Å². The molecule has 3 rings (SSSR count). The van der Waals surface area contributed by atoms with E-state index in [4.69, 9.17) is 21.1 Å². The lowest BCUT2D eigenvalue weighted by atomic mass is 10.0. The Balaban J connectivity index is 1.56. The molecule has 0 heterocycles. The van der Waals surface area contributed by atoms with Gasteiger partial charge in [-0.25, -0.2) is 4.79 Å². The molecular weight excluding hydrogens is 352 g/mol. The molecule has 0 aliphatic rings. The fourth-order valence-corrected chi connectivity index (χ4v) is 2.47. The third-order valence-electron chi connectivity index (χ3n) is 3.54. The maximum atomic E-state index is 12.3. The first kappa shape index (κ1) is 17.7. The molecule has 0 aliphatic heterocycles. The summed E-state index contributed by atoms with van der Waals surface area (Å²) in [6.45, 7) is -0.251. The van der Waals surface area contributed by atoms with Crippen LogP contribution < -0.4 is 9.47 Å². The minimum Gasteiger partial charge on any atom is -0.482 e. The van der Waals surface area contributed by atoms with Gasteiger partial charge in [0.15, 0.2) is 12.4 Å². The molecule has 0 radical (unpaired) electrons. The fraction of sp³-hybridized carbons (Fsp3) is 0.0476. The SMILES string of the molecule is O=C(COc1ccc(C(=O)c2ccccc2)cc1)Oc1cccc(Cl)c1. The Hall–Kier alpha value is -3.11. The summed E-state index contributed by atoms with van der Waals surface area (Å²) in [5, 5.41) is 0.481. The zero-order chi connectivity index (χ0) is 18.4. The Morgan fingerprint density at radius 2 is 1.46 bits per heavy atom. The maximum absolute atomic E-state index is 12.3. The van der Waals surface area contributed by atoms with Gasteiger partial charge in [0, 0.05) is 16.1 Å². The van der Waals surface area contributed by atoms with E-state index in [1.165, 1.54) is 0 Å². The van der Waals surface area contributed by atoms with Crippen molar-refractivity contribution in [2.24, 2.45) is 0 Å². The highest BCUT2D eigenvalue weighted by Crippen LogP contribution is 2.18. The molecule has 0 unspecified atom stereocenters. The van der Waals surface area contributed by atoms with Crippen LogP contribution in [0, 0.1) is 0 Å². The van der Waals surface area contributed by atoms with Crippen LogP contribution in [0.15, 0.2) is 78.9 Å². The van der Waals surface area contributed by atoms with Crippen LogP contribution in [0.1, 0.15) is 15.9 Å². The van der Waals surface area contributed by atoms with Gasteiger partial charge in [0.2, 0.25) is 0 Å². The first-order valence-electron chi connectivity index (χ1n) is 7.91. The van der Waals surface area contributed by atoms with Crippen molar-refractivity contribution in [1.29, 1.82) is 0 Å². The van der Waals surface area contributed by atoms with E-state index >= 15 is 0 Å². The van der Waals surface area contributed by atoms with Gasteiger partial charge in [0.25, 0.3) is 0 Å². The number of carbonyl (C=O) groups excluding carboxylic acids is 2. The van der Waals surface area contributed by atoms with Crippen molar-refractivity contribution >= 4 is 23.4 Å². The van der Waals surface area contributed by atoms with Crippen LogP contribution in [-0.4, -0.2) is 18.4 Å². The van der Waals surface area contributed by atoms with Crippen molar-refractivity contribution in [3.8, 4) is 11.5 Å². The summed E-state index contributed by atoms with van der Waals surface area (Å²) in [4.78, 5) is 24.1. The van der Waals surface area contributed by atoms with Crippen LogP contribution in [0.5, 0.6) is 11.5 Å². The molecule has 0 saturated carbocycles. The first-order valence-corrected chi connectivity index (χ1v) is 8.28.